The number of hydrogen-bond acceptors (Lipinski definition) is 5. The summed E-state index contributed by atoms with van der Waals surface area (Å²) in [5.41, 5.74) is 1.19. The first-order valence-electron chi connectivity index (χ1n) is 9.95. The monoisotopic (exact) mass is 514 g/mol. The molecule has 0 aliphatic carbocycles. The molecular formula is C20H31IN6O2. The van der Waals surface area contributed by atoms with Gasteiger partial charge in [-0.2, -0.15) is 0 Å². The Hall–Kier alpha value is -2.04. The second kappa shape index (κ2) is 11.8. The van der Waals surface area contributed by atoms with Crippen LogP contribution in [0.25, 0.3) is 0 Å². The van der Waals surface area contributed by atoms with Crippen molar-refractivity contribution in [3.63, 3.8) is 0 Å². The molecule has 0 radical (unpaired) electrons. The molecule has 0 spiro atoms. The zero-order chi connectivity index (χ0) is 19.8. The average Bonchev–Trinajstić information content (AvgIpc) is 3.15. The molecule has 0 amide bonds. The Balaban J connectivity index is 0.00000300. The van der Waals surface area contributed by atoms with Gasteiger partial charge in [0, 0.05) is 32.1 Å². The number of nitrogens with one attached hydrogen (secondary N) is 2. The highest BCUT2D eigenvalue weighted by molar-refractivity contribution is 14.0. The van der Waals surface area contributed by atoms with Gasteiger partial charge in [-0.3, -0.25) is 4.99 Å². The number of fused-ring (bicyclic) bond motifs is 1. The minimum atomic E-state index is 0. The molecule has 160 valence electrons. The Labute approximate surface area is 189 Å². The number of nitrogens with zero attached hydrogens (tertiary/aromatic N) is 4. The van der Waals surface area contributed by atoms with E-state index in [1.54, 1.807) is 6.33 Å². The van der Waals surface area contributed by atoms with Crippen molar-refractivity contribution >= 4 is 29.9 Å². The van der Waals surface area contributed by atoms with Crippen LogP contribution in [0.1, 0.15) is 32.2 Å². The van der Waals surface area contributed by atoms with Crippen molar-refractivity contribution in [3.05, 3.63) is 35.9 Å². The first-order chi connectivity index (χ1) is 13.7. The maximum atomic E-state index is 5.65. The molecule has 1 aliphatic rings. The Kier molecular flexibility index (Phi) is 9.49. The third-order valence-corrected chi connectivity index (χ3v) is 4.36. The largest absolute Gasteiger partial charge is 0.486 e. The zero-order valence-corrected chi connectivity index (χ0v) is 19.7. The van der Waals surface area contributed by atoms with Crippen molar-refractivity contribution < 1.29 is 9.47 Å². The molecule has 0 saturated carbocycles. The van der Waals surface area contributed by atoms with E-state index in [4.69, 9.17) is 14.5 Å². The van der Waals surface area contributed by atoms with Crippen molar-refractivity contribution in [2.75, 3.05) is 26.3 Å². The van der Waals surface area contributed by atoms with Crippen LogP contribution in [-0.2, 0) is 19.4 Å². The van der Waals surface area contributed by atoms with E-state index >= 15 is 0 Å². The van der Waals surface area contributed by atoms with Gasteiger partial charge in [-0.25, -0.2) is 0 Å². The Morgan fingerprint density at radius 1 is 1.24 bits per heavy atom. The van der Waals surface area contributed by atoms with E-state index in [1.807, 2.05) is 12.1 Å². The number of rotatable bonds is 8. The maximum absolute atomic E-state index is 5.65. The van der Waals surface area contributed by atoms with Crippen LogP contribution in [0.4, 0.5) is 0 Å². The highest BCUT2D eigenvalue weighted by Gasteiger charge is 2.11. The molecule has 0 bridgehead atoms. The number of aliphatic imine (C=N–C) groups is 1. The first kappa shape index (κ1) is 23.2. The molecule has 0 saturated heterocycles. The van der Waals surface area contributed by atoms with Crippen molar-refractivity contribution in [2.45, 2.75) is 46.2 Å². The third-order valence-electron chi connectivity index (χ3n) is 4.36. The maximum Gasteiger partial charge on any atom is 0.191 e. The SMILES string of the molecule is CCc1nncn1CCNC(=NCCc1ccc2c(c1)OCCO2)NC(C)C.I. The van der Waals surface area contributed by atoms with Crippen molar-refractivity contribution in [3.8, 4) is 11.5 Å². The van der Waals surface area contributed by atoms with Crippen LogP contribution >= 0.6 is 24.0 Å². The molecule has 2 heterocycles. The van der Waals surface area contributed by atoms with Gasteiger partial charge in [0.05, 0.1) is 0 Å². The number of hydrogen-bond donors (Lipinski definition) is 2. The molecule has 1 aliphatic heterocycles. The molecule has 0 unspecified atom stereocenters. The average molecular weight is 514 g/mol. The van der Waals surface area contributed by atoms with Gasteiger partial charge in [-0.15, -0.1) is 34.2 Å². The molecular weight excluding hydrogens is 483 g/mol. The van der Waals surface area contributed by atoms with Crippen molar-refractivity contribution in [2.24, 2.45) is 4.99 Å². The summed E-state index contributed by atoms with van der Waals surface area (Å²) in [6, 6.07) is 6.40. The topological polar surface area (TPSA) is 85.6 Å². The second-order valence-electron chi connectivity index (χ2n) is 6.98. The van der Waals surface area contributed by atoms with Gasteiger partial charge in [0.2, 0.25) is 0 Å². The van der Waals surface area contributed by atoms with Crippen LogP contribution in [0, 0.1) is 0 Å². The molecule has 1 aromatic heterocycles. The van der Waals surface area contributed by atoms with Crippen LogP contribution in [0.15, 0.2) is 29.5 Å². The van der Waals surface area contributed by atoms with Gasteiger partial charge >= 0.3 is 0 Å². The Bertz CT molecular complexity index is 793. The Morgan fingerprint density at radius 3 is 2.79 bits per heavy atom. The van der Waals surface area contributed by atoms with E-state index in [0.717, 1.165) is 49.2 Å². The highest BCUT2D eigenvalue weighted by atomic mass is 127. The van der Waals surface area contributed by atoms with Gasteiger partial charge in [0.15, 0.2) is 17.5 Å². The van der Waals surface area contributed by atoms with Gasteiger partial charge in [-0.1, -0.05) is 13.0 Å². The number of ether oxygens (including phenoxy) is 2. The van der Waals surface area contributed by atoms with Crippen LogP contribution < -0.4 is 20.1 Å². The van der Waals surface area contributed by atoms with Gasteiger partial charge < -0.3 is 24.7 Å². The predicted octanol–water partition coefficient (Wildman–Crippen LogP) is 2.42. The number of halogens is 1. The molecule has 9 heteroatoms. The van der Waals surface area contributed by atoms with E-state index in [1.165, 1.54) is 5.56 Å². The minimum Gasteiger partial charge on any atom is -0.486 e. The van der Waals surface area contributed by atoms with Crippen LogP contribution in [0.5, 0.6) is 11.5 Å². The predicted molar refractivity (Wildman–Crippen MR) is 125 cm³/mol. The lowest BCUT2D eigenvalue weighted by Gasteiger charge is -2.19. The normalized spacial score (nSPS) is 13.2. The standard InChI is InChI=1S/C20H30N6O2.HI/c1-4-19-25-23-14-26(19)10-9-22-20(24-15(2)3)21-8-7-16-5-6-17-18(13-16)28-12-11-27-17;/h5-6,13-15H,4,7-12H2,1-3H3,(H2,21,22,24);1H. The van der Waals surface area contributed by atoms with Gasteiger partial charge in [0.25, 0.3) is 0 Å². The smallest absolute Gasteiger partial charge is 0.191 e. The lowest BCUT2D eigenvalue weighted by molar-refractivity contribution is 0.171. The lowest BCUT2D eigenvalue weighted by atomic mass is 10.1. The molecule has 2 aromatic rings. The summed E-state index contributed by atoms with van der Waals surface area (Å²) in [7, 11) is 0. The van der Waals surface area contributed by atoms with Gasteiger partial charge in [0.1, 0.15) is 25.4 Å². The summed E-state index contributed by atoms with van der Waals surface area (Å²) in [5, 5.41) is 14.9. The number of aromatic nitrogens is 3. The molecule has 3 rings (SSSR count). The summed E-state index contributed by atoms with van der Waals surface area (Å²) in [4.78, 5) is 4.71. The Morgan fingerprint density at radius 2 is 2.03 bits per heavy atom. The van der Waals surface area contributed by atoms with E-state index in [0.29, 0.717) is 25.8 Å². The van der Waals surface area contributed by atoms with Crippen LogP contribution in [0.3, 0.4) is 0 Å². The highest BCUT2D eigenvalue weighted by Crippen LogP contribution is 2.30. The first-order valence-corrected chi connectivity index (χ1v) is 9.95. The summed E-state index contributed by atoms with van der Waals surface area (Å²) in [6.45, 7) is 9.76. The quantitative estimate of drug-likeness (QED) is 0.320. The fraction of sp³-hybridized carbons (Fsp3) is 0.550. The van der Waals surface area contributed by atoms with Gasteiger partial charge in [-0.05, 0) is 38.0 Å². The van der Waals surface area contributed by atoms with E-state index in [9.17, 15) is 0 Å². The van der Waals surface area contributed by atoms with Crippen LogP contribution in [0.2, 0.25) is 0 Å². The minimum absolute atomic E-state index is 0. The number of aryl methyl sites for hydroxylation is 1. The van der Waals surface area contributed by atoms with Crippen LogP contribution in [-0.4, -0.2) is 53.1 Å². The zero-order valence-electron chi connectivity index (χ0n) is 17.4. The number of guanidine groups is 1. The summed E-state index contributed by atoms with van der Waals surface area (Å²) >= 11 is 0. The fourth-order valence-electron chi connectivity index (χ4n) is 3.00. The summed E-state index contributed by atoms with van der Waals surface area (Å²) < 4.78 is 13.3. The van der Waals surface area contributed by atoms with Crippen molar-refractivity contribution in [1.29, 1.82) is 0 Å². The van der Waals surface area contributed by atoms with E-state index < -0.39 is 0 Å². The molecule has 8 nitrogen and oxygen atoms in total. The molecule has 1 aromatic carbocycles. The summed E-state index contributed by atoms with van der Waals surface area (Å²) in [6.07, 6.45) is 3.49. The molecule has 29 heavy (non-hydrogen) atoms. The number of benzene rings is 1. The molecule has 0 atom stereocenters. The molecule has 0 fully saturated rings. The summed E-state index contributed by atoms with van der Waals surface area (Å²) in [5.74, 6) is 3.46. The second-order valence-corrected chi connectivity index (χ2v) is 6.98. The third kappa shape index (κ3) is 7.06. The van der Waals surface area contributed by atoms with Crippen molar-refractivity contribution in [1.82, 2.24) is 25.4 Å². The van der Waals surface area contributed by atoms with E-state index in [-0.39, 0.29) is 24.0 Å². The fourth-order valence-corrected chi connectivity index (χ4v) is 3.00. The van der Waals surface area contributed by atoms with E-state index in [2.05, 4.69) is 52.2 Å². The lowest BCUT2D eigenvalue weighted by Crippen LogP contribution is -2.42. The molecule has 2 N–H and O–H groups in total.